The molecule has 0 spiro atoms. The fraction of sp³-hybridized carbons (Fsp3) is 0.552. The number of nitrogens with zero attached hydrogens (tertiary/aromatic N) is 2. The number of amides is 2. The maximum Gasteiger partial charge on any atom is 0.331 e. The maximum absolute atomic E-state index is 13.7. The van der Waals surface area contributed by atoms with Crippen LogP contribution in [0.3, 0.4) is 0 Å². The number of carbonyl (C=O) groups is 3. The van der Waals surface area contributed by atoms with Gasteiger partial charge in [-0.05, 0) is 29.9 Å². The Morgan fingerprint density at radius 3 is 2.19 bits per heavy atom. The van der Waals surface area contributed by atoms with Crippen molar-refractivity contribution < 1.29 is 19.5 Å². The van der Waals surface area contributed by atoms with Crippen LogP contribution in [0.15, 0.2) is 42.1 Å². The summed E-state index contributed by atoms with van der Waals surface area (Å²) in [5, 5.41) is 13.3. The zero-order valence-corrected chi connectivity index (χ0v) is 23.9. The standard InChI is InChI=1S/C29H44N4O4/c1-17(2)22(15-18(3)27(36)37)33(10)26(35)24(28(4,5)6)31-25(34)23(30)29(7,8)20-16-32(9)21-14-12-11-13-19(20)21/h11-17,22-24H,30H2,1-10H3,(H,31,34)(H,36,37)/t22-,23?,24-/m1/s1. The van der Waals surface area contributed by atoms with Crippen molar-refractivity contribution in [2.24, 2.45) is 24.1 Å². The molecule has 8 nitrogen and oxygen atoms in total. The highest BCUT2D eigenvalue weighted by atomic mass is 16.4. The van der Waals surface area contributed by atoms with Gasteiger partial charge in [0.25, 0.3) is 0 Å². The summed E-state index contributed by atoms with van der Waals surface area (Å²) in [6.45, 7) is 14.9. The van der Waals surface area contributed by atoms with Crippen LogP contribution in [-0.2, 0) is 26.8 Å². The van der Waals surface area contributed by atoms with E-state index in [4.69, 9.17) is 5.73 Å². The summed E-state index contributed by atoms with van der Waals surface area (Å²) in [6, 6.07) is 5.74. The van der Waals surface area contributed by atoms with Crippen molar-refractivity contribution in [3.8, 4) is 0 Å². The van der Waals surface area contributed by atoms with Crippen LogP contribution in [-0.4, -0.2) is 57.5 Å². The van der Waals surface area contributed by atoms with E-state index in [2.05, 4.69) is 5.32 Å². The zero-order valence-electron chi connectivity index (χ0n) is 23.9. The minimum Gasteiger partial charge on any atom is -0.478 e. The molecule has 1 heterocycles. The summed E-state index contributed by atoms with van der Waals surface area (Å²) in [7, 11) is 3.60. The van der Waals surface area contributed by atoms with Gasteiger partial charge in [-0.2, -0.15) is 0 Å². The smallest absolute Gasteiger partial charge is 0.331 e. The van der Waals surface area contributed by atoms with Crippen molar-refractivity contribution in [2.45, 2.75) is 78.9 Å². The van der Waals surface area contributed by atoms with E-state index in [-0.39, 0.29) is 17.4 Å². The predicted molar refractivity (Wildman–Crippen MR) is 148 cm³/mol. The molecular weight excluding hydrogens is 468 g/mol. The lowest BCUT2D eigenvalue weighted by molar-refractivity contribution is -0.140. The second kappa shape index (κ2) is 11.1. The van der Waals surface area contributed by atoms with Crippen molar-refractivity contribution in [1.29, 1.82) is 0 Å². The van der Waals surface area contributed by atoms with Crippen LogP contribution in [0.4, 0.5) is 0 Å². The quantitative estimate of drug-likeness (QED) is 0.442. The first-order valence-electron chi connectivity index (χ1n) is 12.7. The first-order chi connectivity index (χ1) is 16.9. The second-order valence-corrected chi connectivity index (χ2v) is 12.0. The summed E-state index contributed by atoms with van der Waals surface area (Å²) < 4.78 is 2.02. The van der Waals surface area contributed by atoms with Gasteiger partial charge in [-0.25, -0.2) is 4.79 Å². The van der Waals surface area contributed by atoms with Gasteiger partial charge in [-0.1, -0.05) is 72.7 Å². The lowest BCUT2D eigenvalue weighted by atomic mass is 9.77. The molecule has 2 rings (SSSR count). The zero-order chi connectivity index (χ0) is 28.5. The fourth-order valence-electron chi connectivity index (χ4n) is 4.66. The van der Waals surface area contributed by atoms with Gasteiger partial charge in [0.05, 0.1) is 12.1 Å². The molecule has 2 amide bonds. The van der Waals surface area contributed by atoms with Crippen LogP contribution in [0.2, 0.25) is 0 Å². The lowest BCUT2D eigenvalue weighted by Gasteiger charge is -2.39. The van der Waals surface area contributed by atoms with Gasteiger partial charge in [0.2, 0.25) is 11.8 Å². The number of benzene rings is 1. The molecule has 8 heteroatoms. The second-order valence-electron chi connectivity index (χ2n) is 12.0. The molecule has 4 N–H and O–H groups in total. The summed E-state index contributed by atoms with van der Waals surface area (Å²) in [6.07, 6.45) is 3.59. The third-order valence-corrected chi connectivity index (χ3v) is 7.29. The first kappa shape index (κ1) is 30.1. The van der Waals surface area contributed by atoms with Crippen LogP contribution >= 0.6 is 0 Å². The number of hydrogen-bond donors (Lipinski definition) is 3. The van der Waals surface area contributed by atoms with Crippen LogP contribution in [0.25, 0.3) is 10.9 Å². The van der Waals surface area contributed by atoms with E-state index in [0.29, 0.717) is 0 Å². The van der Waals surface area contributed by atoms with E-state index in [1.807, 2.05) is 90.5 Å². The third-order valence-electron chi connectivity index (χ3n) is 7.29. The van der Waals surface area contributed by atoms with Gasteiger partial charge in [0.1, 0.15) is 6.04 Å². The molecule has 0 aliphatic heterocycles. The van der Waals surface area contributed by atoms with Crippen molar-refractivity contribution in [2.75, 3.05) is 7.05 Å². The topological polar surface area (TPSA) is 118 Å². The van der Waals surface area contributed by atoms with Gasteiger partial charge in [0.15, 0.2) is 0 Å². The molecule has 2 aromatic rings. The molecule has 0 saturated heterocycles. The molecule has 0 bridgehead atoms. The van der Waals surface area contributed by atoms with Gasteiger partial charge < -0.3 is 25.6 Å². The van der Waals surface area contributed by atoms with Crippen LogP contribution < -0.4 is 11.1 Å². The molecule has 0 radical (unpaired) electrons. The SMILES string of the molecule is CC(=C[C@H](C(C)C)N(C)C(=O)[C@@H](NC(=O)C(N)C(C)(C)c1cn(C)c2ccccc12)C(C)(C)C)C(=O)O. The largest absolute Gasteiger partial charge is 0.478 e. The minimum atomic E-state index is -1.03. The molecular formula is C29H44N4O4. The number of hydrogen-bond acceptors (Lipinski definition) is 4. The summed E-state index contributed by atoms with van der Waals surface area (Å²) in [5.41, 5.74) is 7.42. The first-order valence-corrected chi connectivity index (χ1v) is 12.7. The number of carbonyl (C=O) groups excluding carboxylic acids is 2. The Labute approximate surface area is 220 Å². The number of likely N-dealkylation sites (N-methyl/N-ethyl adjacent to an activating group) is 1. The number of para-hydroxylation sites is 1. The highest BCUT2D eigenvalue weighted by molar-refractivity contribution is 5.93. The Kier molecular flexibility index (Phi) is 9.02. The Morgan fingerprint density at radius 2 is 1.68 bits per heavy atom. The summed E-state index contributed by atoms with van der Waals surface area (Å²) in [4.78, 5) is 40.2. The van der Waals surface area contributed by atoms with E-state index in [1.165, 1.54) is 11.8 Å². The molecule has 1 unspecified atom stereocenters. The highest BCUT2D eigenvalue weighted by Crippen LogP contribution is 2.34. The molecule has 0 saturated carbocycles. The van der Waals surface area contributed by atoms with E-state index < -0.39 is 40.8 Å². The van der Waals surface area contributed by atoms with Crippen molar-refractivity contribution in [3.63, 3.8) is 0 Å². The van der Waals surface area contributed by atoms with E-state index in [1.54, 1.807) is 13.1 Å². The molecule has 1 aromatic carbocycles. The molecule has 0 aliphatic carbocycles. The average molecular weight is 513 g/mol. The highest BCUT2D eigenvalue weighted by Gasteiger charge is 2.41. The summed E-state index contributed by atoms with van der Waals surface area (Å²) in [5.74, 6) is -1.79. The van der Waals surface area contributed by atoms with E-state index >= 15 is 0 Å². The van der Waals surface area contributed by atoms with E-state index in [0.717, 1.165) is 16.5 Å². The van der Waals surface area contributed by atoms with Crippen molar-refractivity contribution in [3.05, 3.63) is 47.7 Å². The summed E-state index contributed by atoms with van der Waals surface area (Å²) >= 11 is 0. The molecule has 0 aliphatic rings. The van der Waals surface area contributed by atoms with Gasteiger partial charge in [-0.3, -0.25) is 9.59 Å². The van der Waals surface area contributed by atoms with Crippen LogP contribution in [0.5, 0.6) is 0 Å². The third kappa shape index (κ3) is 6.42. The molecule has 3 atom stereocenters. The molecule has 37 heavy (non-hydrogen) atoms. The van der Waals surface area contributed by atoms with Gasteiger partial charge in [0, 0.05) is 42.2 Å². The minimum absolute atomic E-state index is 0.0351. The normalized spacial score (nSPS) is 15.4. The van der Waals surface area contributed by atoms with Crippen molar-refractivity contribution >= 4 is 28.7 Å². The predicted octanol–water partition coefficient (Wildman–Crippen LogP) is 3.83. The van der Waals surface area contributed by atoms with Crippen molar-refractivity contribution in [1.82, 2.24) is 14.8 Å². The lowest BCUT2D eigenvalue weighted by Crippen LogP contribution is -2.61. The Morgan fingerprint density at radius 1 is 1.11 bits per heavy atom. The number of aliphatic carboxylic acids is 1. The number of aromatic nitrogens is 1. The Bertz CT molecular complexity index is 1190. The van der Waals surface area contributed by atoms with Crippen LogP contribution in [0, 0.1) is 11.3 Å². The number of nitrogens with one attached hydrogen (secondary N) is 1. The fourth-order valence-corrected chi connectivity index (χ4v) is 4.66. The van der Waals surface area contributed by atoms with Gasteiger partial charge >= 0.3 is 5.97 Å². The number of rotatable bonds is 9. The monoisotopic (exact) mass is 512 g/mol. The molecule has 204 valence electrons. The van der Waals surface area contributed by atoms with Crippen LogP contribution in [0.1, 0.15) is 61.0 Å². The average Bonchev–Trinajstić information content (AvgIpc) is 3.15. The number of carboxylic acids is 1. The molecule has 0 fully saturated rings. The molecule has 1 aromatic heterocycles. The Balaban J connectivity index is 2.38. The van der Waals surface area contributed by atoms with E-state index in [9.17, 15) is 19.5 Å². The number of nitrogens with two attached hydrogens (primary N) is 1. The Hall–Kier alpha value is -3.13. The maximum atomic E-state index is 13.7. The van der Waals surface area contributed by atoms with Gasteiger partial charge in [-0.15, -0.1) is 0 Å². The number of aryl methyl sites for hydroxylation is 1. The number of fused-ring (bicyclic) bond motifs is 1. The number of carboxylic acid groups (broad SMARTS) is 1.